The number of carboxylic acids is 1. The third kappa shape index (κ3) is 5.48. The molecule has 0 bridgehead atoms. The van der Waals surface area contributed by atoms with Crippen LogP contribution in [-0.2, 0) is 33.2 Å². The highest BCUT2D eigenvalue weighted by molar-refractivity contribution is 5.73. The SMILES string of the molecule is CC1CCCC(OC2OC(CO)C(O)C3OC(C(=O)O)C4CC4COC23)C1OC1OC(C)C(O)C(O)C1O. The van der Waals surface area contributed by atoms with Crippen molar-refractivity contribution in [2.75, 3.05) is 13.2 Å². The summed E-state index contributed by atoms with van der Waals surface area (Å²) < 4.78 is 36.1. The summed E-state index contributed by atoms with van der Waals surface area (Å²) in [5.41, 5.74) is 0. The Bertz CT molecular complexity index is 829. The minimum atomic E-state index is -1.47. The van der Waals surface area contributed by atoms with Crippen LogP contribution in [0.15, 0.2) is 0 Å². The number of aliphatic hydroxyl groups excluding tert-OH is 5. The van der Waals surface area contributed by atoms with E-state index in [4.69, 9.17) is 28.4 Å². The Balaban J connectivity index is 1.34. The molecule has 5 rings (SSSR count). The molecule has 2 saturated carbocycles. The quantitative estimate of drug-likeness (QED) is 0.221. The molecule has 3 heterocycles. The van der Waals surface area contributed by atoms with Crippen LogP contribution in [0.1, 0.15) is 39.5 Å². The van der Waals surface area contributed by atoms with Crippen molar-refractivity contribution in [2.45, 2.75) is 119 Å². The van der Waals surface area contributed by atoms with Gasteiger partial charge in [-0.3, -0.25) is 0 Å². The van der Waals surface area contributed by atoms with Gasteiger partial charge in [0.05, 0.1) is 31.5 Å². The van der Waals surface area contributed by atoms with E-state index in [0.717, 1.165) is 12.8 Å². The van der Waals surface area contributed by atoms with Gasteiger partial charge in [0.15, 0.2) is 18.7 Å². The summed E-state index contributed by atoms with van der Waals surface area (Å²) in [4.78, 5) is 11.9. The zero-order valence-corrected chi connectivity index (χ0v) is 21.5. The number of carbonyl (C=O) groups is 1. The van der Waals surface area contributed by atoms with Crippen molar-refractivity contribution in [3.05, 3.63) is 0 Å². The van der Waals surface area contributed by atoms with Crippen LogP contribution in [-0.4, -0.2) is 130 Å². The van der Waals surface area contributed by atoms with Crippen LogP contribution in [0.25, 0.3) is 0 Å². The molecule has 6 N–H and O–H groups in total. The van der Waals surface area contributed by atoms with Crippen LogP contribution in [0.5, 0.6) is 0 Å². The maximum Gasteiger partial charge on any atom is 0.333 e. The predicted molar refractivity (Wildman–Crippen MR) is 125 cm³/mol. The highest BCUT2D eigenvalue weighted by Gasteiger charge is 2.56. The van der Waals surface area contributed by atoms with E-state index >= 15 is 0 Å². The molecule has 38 heavy (non-hydrogen) atoms. The van der Waals surface area contributed by atoms with Gasteiger partial charge in [0.2, 0.25) is 0 Å². The van der Waals surface area contributed by atoms with Gasteiger partial charge in [0.25, 0.3) is 0 Å². The molecule has 16 atom stereocenters. The fourth-order valence-electron chi connectivity index (χ4n) is 6.22. The lowest BCUT2D eigenvalue weighted by Crippen LogP contribution is -2.64. The van der Waals surface area contributed by atoms with Crippen molar-refractivity contribution >= 4 is 5.97 Å². The van der Waals surface area contributed by atoms with Gasteiger partial charge >= 0.3 is 5.97 Å². The predicted octanol–water partition coefficient (Wildman–Crippen LogP) is -1.64. The monoisotopic (exact) mass is 548 g/mol. The maximum absolute atomic E-state index is 11.9. The smallest absolute Gasteiger partial charge is 0.333 e. The molecule has 16 unspecified atom stereocenters. The van der Waals surface area contributed by atoms with E-state index in [9.17, 15) is 35.4 Å². The average molecular weight is 549 g/mol. The largest absolute Gasteiger partial charge is 0.479 e. The summed E-state index contributed by atoms with van der Waals surface area (Å²) in [5, 5.41) is 61.2. The number of carboxylic acid groups (broad SMARTS) is 1. The van der Waals surface area contributed by atoms with E-state index in [1.807, 2.05) is 6.92 Å². The summed E-state index contributed by atoms with van der Waals surface area (Å²) in [7, 11) is 0. The molecule has 218 valence electrons. The number of hydrogen-bond acceptors (Lipinski definition) is 12. The summed E-state index contributed by atoms with van der Waals surface area (Å²) in [5.74, 6) is -1.33. The molecule has 0 aromatic rings. The van der Waals surface area contributed by atoms with E-state index in [0.29, 0.717) is 12.8 Å². The first-order valence-electron chi connectivity index (χ1n) is 13.6. The van der Waals surface area contributed by atoms with Gasteiger partial charge in [0.1, 0.15) is 42.7 Å². The first-order chi connectivity index (χ1) is 18.1. The van der Waals surface area contributed by atoms with Gasteiger partial charge in [-0.05, 0) is 38.0 Å². The molecule has 13 nitrogen and oxygen atoms in total. The topological polar surface area (TPSA) is 194 Å². The third-order valence-electron chi connectivity index (χ3n) is 8.70. The van der Waals surface area contributed by atoms with Crippen LogP contribution >= 0.6 is 0 Å². The maximum atomic E-state index is 11.9. The fourth-order valence-corrected chi connectivity index (χ4v) is 6.22. The Morgan fingerprint density at radius 3 is 2.37 bits per heavy atom. The van der Waals surface area contributed by atoms with E-state index < -0.39 is 92.3 Å². The molecular formula is C25H40O13. The lowest BCUT2D eigenvalue weighted by Gasteiger charge is -2.48. The van der Waals surface area contributed by atoms with Crippen LogP contribution in [0.2, 0.25) is 0 Å². The van der Waals surface area contributed by atoms with Crippen molar-refractivity contribution in [2.24, 2.45) is 17.8 Å². The van der Waals surface area contributed by atoms with Gasteiger partial charge < -0.3 is 59.1 Å². The van der Waals surface area contributed by atoms with Gasteiger partial charge in [-0.15, -0.1) is 0 Å². The van der Waals surface area contributed by atoms with Crippen molar-refractivity contribution in [3.63, 3.8) is 0 Å². The zero-order chi connectivity index (χ0) is 27.3. The molecule has 0 aromatic carbocycles. The van der Waals surface area contributed by atoms with Crippen molar-refractivity contribution in [1.82, 2.24) is 0 Å². The molecule has 0 spiro atoms. The van der Waals surface area contributed by atoms with Gasteiger partial charge in [-0.1, -0.05) is 13.3 Å². The Kier molecular flexibility index (Phi) is 8.63. The first kappa shape index (κ1) is 28.6. The van der Waals surface area contributed by atoms with Crippen LogP contribution in [0.3, 0.4) is 0 Å². The number of hydrogen-bond donors (Lipinski definition) is 6. The summed E-state index contributed by atoms with van der Waals surface area (Å²) in [6.07, 6.45) is -11.2. The first-order valence-corrected chi connectivity index (χ1v) is 13.6. The van der Waals surface area contributed by atoms with Crippen molar-refractivity contribution in [3.8, 4) is 0 Å². The number of rotatable bonds is 6. The number of aliphatic carboxylic acids is 1. The third-order valence-corrected chi connectivity index (χ3v) is 8.70. The van der Waals surface area contributed by atoms with Gasteiger partial charge in [-0.25, -0.2) is 4.79 Å². The van der Waals surface area contributed by atoms with Crippen LogP contribution < -0.4 is 0 Å². The summed E-state index contributed by atoms with van der Waals surface area (Å²) in [6.45, 7) is 3.26. The minimum Gasteiger partial charge on any atom is -0.479 e. The minimum absolute atomic E-state index is 0.0184. The van der Waals surface area contributed by atoms with Crippen molar-refractivity contribution < 1.29 is 63.9 Å². The summed E-state index contributed by atoms with van der Waals surface area (Å²) >= 11 is 0. The Morgan fingerprint density at radius 2 is 1.66 bits per heavy atom. The Labute approximate surface area is 220 Å². The van der Waals surface area contributed by atoms with E-state index in [1.54, 1.807) is 6.92 Å². The molecule has 0 amide bonds. The van der Waals surface area contributed by atoms with E-state index in [-0.39, 0.29) is 24.4 Å². The van der Waals surface area contributed by atoms with Gasteiger partial charge in [-0.2, -0.15) is 0 Å². The lowest BCUT2D eigenvalue weighted by molar-refractivity contribution is -0.354. The average Bonchev–Trinajstić information content (AvgIpc) is 3.63. The molecule has 13 heteroatoms. The Hall–Kier alpha value is -0.970. The van der Waals surface area contributed by atoms with E-state index in [2.05, 4.69) is 0 Å². The number of ether oxygens (including phenoxy) is 6. The van der Waals surface area contributed by atoms with Crippen molar-refractivity contribution in [1.29, 1.82) is 0 Å². The Morgan fingerprint density at radius 1 is 0.895 bits per heavy atom. The highest BCUT2D eigenvalue weighted by atomic mass is 16.7. The summed E-state index contributed by atoms with van der Waals surface area (Å²) in [6, 6.07) is 0. The molecular weight excluding hydrogens is 508 g/mol. The second-order valence-corrected chi connectivity index (χ2v) is 11.4. The fraction of sp³-hybridized carbons (Fsp3) is 0.960. The molecule has 0 aromatic heterocycles. The molecule has 5 aliphatic rings. The normalized spacial score (nSPS) is 53.2. The van der Waals surface area contributed by atoms with Crippen LogP contribution in [0.4, 0.5) is 0 Å². The van der Waals surface area contributed by atoms with Gasteiger partial charge in [0, 0.05) is 5.92 Å². The lowest BCUT2D eigenvalue weighted by atomic mass is 9.85. The second kappa shape index (κ2) is 11.5. The number of aliphatic hydroxyl groups is 5. The molecule has 5 fully saturated rings. The second-order valence-electron chi connectivity index (χ2n) is 11.4. The molecule has 3 aliphatic heterocycles. The molecule has 0 radical (unpaired) electrons. The number of fused-ring (bicyclic) bond motifs is 2. The van der Waals surface area contributed by atoms with E-state index in [1.165, 1.54) is 0 Å². The molecule has 2 aliphatic carbocycles. The van der Waals surface area contributed by atoms with Crippen LogP contribution in [0, 0.1) is 17.8 Å². The highest BCUT2D eigenvalue weighted by Crippen LogP contribution is 2.46. The zero-order valence-electron chi connectivity index (χ0n) is 21.5. The standard InChI is InChI=1S/C25H40O13/c1-9-4-3-5-13(19(9)38-24-18(30)17(29)15(27)10(2)34-24)35-25-22-21(16(28)14(7-26)36-25)37-20(23(31)32)12-6-11(12)8-33-22/h9-22,24-30H,3-8H2,1-2H3,(H,31,32). The molecule has 3 saturated heterocycles.